The van der Waals surface area contributed by atoms with Gasteiger partial charge in [0.15, 0.2) is 0 Å². The molecule has 2 aromatic rings. The number of sulfonamides is 1. The van der Waals surface area contributed by atoms with Crippen LogP contribution in [0, 0.1) is 13.8 Å². The van der Waals surface area contributed by atoms with E-state index >= 15 is 0 Å². The Bertz CT molecular complexity index is 795. The SMILES string of the molecule is Cc1nn(C)c(C)c1CN(C)S(=O)(=O)c1cc(Cl)cc(Cl)c1. The molecule has 0 bridgehead atoms. The first-order chi connectivity index (χ1) is 10.1. The summed E-state index contributed by atoms with van der Waals surface area (Å²) >= 11 is 11.8. The maximum Gasteiger partial charge on any atom is 0.243 e. The summed E-state index contributed by atoms with van der Waals surface area (Å²) in [7, 11) is -0.325. The minimum absolute atomic E-state index is 0.0756. The fourth-order valence-electron chi connectivity index (χ4n) is 2.21. The van der Waals surface area contributed by atoms with Crippen LogP contribution in [0.2, 0.25) is 10.0 Å². The summed E-state index contributed by atoms with van der Waals surface area (Å²) in [5.41, 5.74) is 2.64. The molecule has 1 aromatic heterocycles. The van der Waals surface area contributed by atoms with Crippen LogP contribution in [-0.2, 0) is 23.6 Å². The molecule has 0 saturated heterocycles. The van der Waals surface area contributed by atoms with E-state index in [1.165, 1.54) is 29.6 Å². The van der Waals surface area contributed by atoms with Crippen LogP contribution in [0.1, 0.15) is 17.0 Å². The Morgan fingerprint density at radius 2 is 1.73 bits per heavy atom. The first-order valence-electron chi connectivity index (χ1n) is 6.54. The van der Waals surface area contributed by atoms with Gasteiger partial charge in [-0.3, -0.25) is 4.68 Å². The van der Waals surface area contributed by atoms with Crippen molar-refractivity contribution in [1.29, 1.82) is 0 Å². The van der Waals surface area contributed by atoms with Gasteiger partial charge in [0.05, 0.1) is 10.6 Å². The molecular weight excluding hydrogens is 345 g/mol. The third-order valence-corrected chi connectivity index (χ3v) is 5.80. The van der Waals surface area contributed by atoms with E-state index in [2.05, 4.69) is 5.10 Å². The average Bonchev–Trinajstić information content (AvgIpc) is 2.64. The summed E-state index contributed by atoms with van der Waals surface area (Å²) in [5, 5.41) is 4.87. The fraction of sp³-hybridized carbons (Fsp3) is 0.357. The molecule has 0 spiro atoms. The molecule has 0 radical (unpaired) electrons. The van der Waals surface area contributed by atoms with Gasteiger partial charge in [-0.15, -0.1) is 0 Å². The van der Waals surface area contributed by atoms with Gasteiger partial charge < -0.3 is 0 Å². The predicted molar refractivity (Wildman–Crippen MR) is 87.8 cm³/mol. The van der Waals surface area contributed by atoms with Gasteiger partial charge in [-0.1, -0.05) is 23.2 Å². The number of hydrogen-bond acceptors (Lipinski definition) is 3. The molecule has 2 rings (SSSR count). The second-order valence-corrected chi connectivity index (χ2v) is 8.06. The van der Waals surface area contributed by atoms with E-state index in [9.17, 15) is 8.42 Å². The van der Waals surface area contributed by atoms with Crippen molar-refractivity contribution in [3.63, 3.8) is 0 Å². The number of aromatic nitrogens is 2. The Balaban J connectivity index is 2.37. The second kappa shape index (κ2) is 6.20. The number of hydrogen-bond donors (Lipinski definition) is 0. The Kier molecular flexibility index (Phi) is 4.87. The zero-order chi connectivity index (χ0) is 16.7. The van der Waals surface area contributed by atoms with E-state index in [1.54, 1.807) is 4.68 Å². The van der Waals surface area contributed by atoms with E-state index in [0.29, 0.717) is 0 Å². The molecule has 0 aliphatic rings. The normalized spacial score (nSPS) is 12.1. The Labute approximate surface area is 140 Å². The van der Waals surface area contributed by atoms with Gasteiger partial charge in [-0.05, 0) is 32.0 Å². The maximum absolute atomic E-state index is 12.7. The van der Waals surface area contributed by atoms with Crippen molar-refractivity contribution in [1.82, 2.24) is 14.1 Å². The average molecular weight is 362 g/mol. The minimum atomic E-state index is -3.68. The number of halogens is 2. The highest BCUT2D eigenvalue weighted by atomic mass is 35.5. The Morgan fingerprint density at radius 3 is 2.18 bits per heavy atom. The molecule has 0 atom stereocenters. The topological polar surface area (TPSA) is 55.2 Å². The number of nitrogens with zero attached hydrogens (tertiary/aromatic N) is 3. The van der Waals surface area contributed by atoms with Crippen molar-refractivity contribution < 1.29 is 8.42 Å². The molecule has 22 heavy (non-hydrogen) atoms. The lowest BCUT2D eigenvalue weighted by molar-refractivity contribution is 0.465. The third-order valence-electron chi connectivity index (χ3n) is 3.58. The highest BCUT2D eigenvalue weighted by Crippen LogP contribution is 2.25. The van der Waals surface area contributed by atoms with Gasteiger partial charge in [0.25, 0.3) is 0 Å². The smallest absolute Gasteiger partial charge is 0.243 e. The van der Waals surface area contributed by atoms with Crippen LogP contribution in [0.3, 0.4) is 0 Å². The standard InChI is InChI=1S/C14H17Cl2N3O2S/c1-9-14(10(2)19(4)17-9)8-18(3)22(20,21)13-6-11(15)5-12(16)7-13/h5-7H,8H2,1-4H3. The van der Waals surface area contributed by atoms with Crippen molar-refractivity contribution >= 4 is 33.2 Å². The van der Waals surface area contributed by atoms with E-state index < -0.39 is 10.0 Å². The van der Waals surface area contributed by atoms with Crippen LogP contribution in [-0.4, -0.2) is 29.6 Å². The van der Waals surface area contributed by atoms with E-state index in [1.807, 2.05) is 20.9 Å². The van der Waals surface area contributed by atoms with Gasteiger partial charge >= 0.3 is 0 Å². The fourth-order valence-corrected chi connectivity index (χ4v) is 4.08. The van der Waals surface area contributed by atoms with Crippen molar-refractivity contribution in [2.45, 2.75) is 25.3 Å². The molecule has 0 amide bonds. The predicted octanol–water partition coefficient (Wildman–Crippen LogP) is 3.16. The summed E-state index contributed by atoms with van der Waals surface area (Å²) < 4.78 is 28.3. The molecule has 0 aliphatic carbocycles. The van der Waals surface area contributed by atoms with E-state index in [-0.39, 0.29) is 21.5 Å². The van der Waals surface area contributed by atoms with Gasteiger partial charge in [-0.2, -0.15) is 9.40 Å². The molecule has 120 valence electrons. The minimum Gasteiger partial charge on any atom is -0.272 e. The molecule has 0 fully saturated rings. The van der Waals surface area contributed by atoms with Crippen LogP contribution in [0.5, 0.6) is 0 Å². The summed E-state index contributed by atoms with van der Waals surface area (Å²) in [6.07, 6.45) is 0. The van der Waals surface area contributed by atoms with E-state index in [0.717, 1.165) is 17.0 Å². The van der Waals surface area contributed by atoms with Crippen molar-refractivity contribution in [2.75, 3.05) is 7.05 Å². The number of aryl methyl sites for hydroxylation is 2. The summed E-state index contributed by atoms with van der Waals surface area (Å²) in [6, 6.07) is 4.28. The summed E-state index contributed by atoms with van der Waals surface area (Å²) in [5.74, 6) is 0. The lowest BCUT2D eigenvalue weighted by atomic mass is 10.2. The van der Waals surface area contributed by atoms with Crippen molar-refractivity contribution in [3.8, 4) is 0 Å². The van der Waals surface area contributed by atoms with Gasteiger partial charge in [-0.25, -0.2) is 8.42 Å². The lowest BCUT2D eigenvalue weighted by Crippen LogP contribution is -2.27. The second-order valence-electron chi connectivity index (χ2n) is 5.14. The van der Waals surface area contributed by atoms with Gasteiger partial charge in [0, 0.05) is 41.9 Å². The summed E-state index contributed by atoms with van der Waals surface area (Å²) in [4.78, 5) is 0.0756. The largest absolute Gasteiger partial charge is 0.272 e. The first kappa shape index (κ1) is 17.3. The highest BCUT2D eigenvalue weighted by Gasteiger charge is 2.24. The quantitative estimate of drug-likeness (QED) is 0.840. The monoisotopic (exact) mass is 361 g/mol. The zero-order valence-electron chi connectivity index (χ0n) is 12.8. The zero-order valence-corrected chi connectivity index (χ0v) is 15.1. The van der Waals surface area contributed by atoms with Gasteiger partial charge in [0.2, 0.25) is 10.0 Å². The van der Waals surface area contributed by atoms with Crippen LogP contribution >= 0.6 is 23.2 Å². The van der Waals surface area contributed by atoms with Gasteiger partial charge in [0.1, 0.15) is 0 Å². The summed E-state index contributed by atoms with van der Waals surface area (Å²) in [6.45, 7) is 4.00. The molecule has 0 aliphatic heterocycles. The van der Waals surface area contributed by atoms with Crippen molar-refractivity contribution in [3.05, 3.63) is 45.2 Å². The highest BCUT2D eigenvalue weighted by molar-refractivity contribution is 7.89. The lowest BCUT2D eigenvalue weighted by Gasteiger charge is -2.18. The Hall–Kier alpha value is -1.08. The molecule has 1 aromatic carbocycles. The Morgan fingerprint density at radius 1 is 1.18 bits per heavy atom. The molecule has 5 nitrogen and oxygen atoms in total. The number of benzene rings is 1. The first-order valence-corrected chi connectivity index (χ1v) is 8.74. The van der Waals surface area contributed by atoms with Crippen LogP contribution < -0.4 is 0 Å². The molecule has 0 N–H and O–H groups in total. The molecule has 0 saturated carbocycles. The van der Waals surface area contributed by atoms with Crippen LogP contribution in [0.15, 0.2) is 23.1 Å². The maximum atomic E-state index is 12.7. The molecular formula is C14H17Cl2N3O2S. The molecule has 8 heteroatoms. The molecule has 0 unspecified atom stereocenters. The number of rotatable bonds is 4. The van der Waals surface area contributed by atoms with Crippen molar-refractivity contribution in [2.24, 2.45) is 7.05 Å². The molecule has 1 heterocycles. The van der Waals surface area contributed by atoms with E-state index in [4.69, 9.17) is 23.2 Å². The van der Waals surface area contributed by atoms with Crippen LogP contribution in [0.4, 0.5) is 0 Å². The van der Waals surface area contributed by atoms with Crippen LogP contribution in [0.25, 0.3) is 0 Å². The third kappa shape index (κ3) is 3.30.